The van der Waals surface area contributed by atoms with Gasteiger partial charge in [0.05, 0.1) is 11.4 Å². The standard InChI is InChI=1S/C14H12F7N3S/c1-7-3-8(2)10(25-5-11(15)16)4-9(7)24-6-22-12(23-24)13(17,18)14(19,20)21/h3-4,6,11H,5H2,1-2H3. The number of halogens is 7. The summed E-state index contributed by atoms with van der Waals surface area (Å²) in [5, 5.41) is 3.22. The monoisotopic (exact) mass is 387 g/mol. The smallest absolute Gasteiger partial charge is 0.220 e. The van der Waals surface area contributed by atoms with Crippen LogP contribution in [0.5, 0.6) is 0 Å². The zero-order valence-corrected chi connectivity index (χ0v) is 13.7. The fourth-order valence-corrected chi connectivity index (χ4v) is 2.81. The molecular formula is C14H12F7N3S. The Balaban J connectivity index is 2.41. The van der Waals surface area contributed by atoms with Gasteiger partial charge < -0.3 is 0 Å². The van der Waals surface area contributed by atoms with E-state index in [1.165, 1.54) is 6.07 Å². The van der Waals surface area contributed by atoms with Crippen LogP contribution in [-0.2, 0) is 5.92 Å². The molecule has 0 atom stereocenters. The minimum absolute atomic E-state index is 0.180. The number of hydrogen-bond donors (Lipinski definition) is 0. The van der Waals surface area contributed by atoms with Crippen LogP contribution >= 0.6 is 11.8 Å². The Hall–Kier alpha value is -1.78. The zero-order chi connectivity index (χ0) is 19.0. The molecule has 3 nitrogen and oxygen atoms in total. The predicted molar refractivity (Wildman–Crippen MR) is 77.5 cm³/mol. The molecule has 11 heteroatoms. The van der Waals surface area contributed by atoms with E-state index in [0.717, 1.165) is 22.8 Å². The molecule has 25 heavy (non-hydrogen) atoms. The average Bonchev–Trinajstić information content (AvgIpc) is 2.95. The second-order valence-electron chi connectivity index (χ2n) is 5.19. The molecule has 138 valence electrons. The van der Waals surface area contributed by atoms with Crippen LogP contribution in [-0.4, -0.2) is 33.1 Å². The largest absolute Gasteiger partial charge is 0.461 e. The van der Waals surface area contributed by atoms with Gasteiger partial charge in [-0.2, -0.15) is 22.0 Å². The lowest BCUT2D eigenvalue weighted by atomic mass is 10.1. The molecule has 0 saturated carbocycles. The molecule has 0 aliphatic heterocycles. The van der Waals surface area contributed by atoms with Gasteiger partial charge in [0.1, 0.15) is 6.33 Å². The van der Waals surface area contributed by atoms with Gasteiger partial charge in [0, 0.05) is 4.90 Å². The van der Waals surface area contributed by atoms with E-state index in [1.54, 1.807) is 19.9 Å². The average molecular weight is 387 g/mol. The van der Waals surface area contributed by atoms with Crippen molar-refractivity contribution in [2.75, 3.05) is 5.75 Å². The van der Waals surface area contributed by atoms with Crippen LogP contribution in [0.2, 0.25) is 0 Å². The van der Waals surface area contributed by atoms with Crippen molar-refractivity contribution in [2.45, 2.75) is 37.3 Å². The first-order valence-corrected chi connectivity index (χ1v) is 7.81. The van der Waals surface area contributed by atoms with Crippen molar-refractivity contribution in [2.24, 2.45) is 0 Å². The third-order valence-electron chi connectivity index (χ3n) is 3.23. The van der Waals surface area contributed by atoms with Crippen molar-refractivity contribution >= 4 is 11.8 Å². The van der Waals surface area contributed by atoms with Crippen molar-refractivity contribution < 1.29 is 30.7 Å². The molecule has 0 radical (unpaired) electrons. The molecule has 0 saturated heterocycles. The molecule has 0 fully saturated rings. The molecule has 0 aliphatic rings. The van der Waals surface area contributed by atoms with Crippen molar-refractivity contribution in [3.8, 4) is 5.69 Å². The first kappa shape index (κ1) is 19.5. The molecule has 2 rings (SSSR count). The molecule has 0 spiro atoms. The number of hydrogen-bond acceptors (Lipinski definition) is 3. The summed E-state index contributed by atoms with van der Waals surface area (Å²) in [6, 6.07) is 3.01. The van der Waals surface area contributed by atoms with Gasteiger partial charge >= 0.3 is 12.1 Å². The zero-order valence-electron chi connectivity index (χ0n) is 12.9. The highest BCUT2D eigenvalue weighted by Crippen LogP contribution is 2.42. The molecule has 0 N–H and O–H groups in total. The quantitative estimate of drug-likeness (QED) is 0.540. The Morgan fingerprint density at radius 1 is 1.08 bits per heavy atom. The first-order chi connectivity index (χ1) is 11.4. The fraction of sp³-hybridized carbons (Fsp3) is 0.429. The van der Waals surface area contributed by atoms with Gasteiger partial charge in [-0.25, -0.2) is 18.4 Å². The Morgan fingerprint density at radius 2 is 1.72 bits per heavy atom. The van der Waals surface area contributed by atoms with E-state index in [2.05, 4.69) is 10.1 Å². The molecule has 0 amide bonds. The van der Waals surface area contributed by atoms with Crippen LogP contribution in [0.3, 0.4) is 0 Å². The van der Waals surface area contributed by atoms with Crippen LogP contribution in [0.25, 0.3) is 5.69 Å². The SMILES string of the molecule is Cc1cc(C)c(-n2cnc(C(F)(F)C(F)(F)F)n2)cc1SCC(F)F. The minimum atomic E-state index is -5.82. The summed E-state index contributed by atoms with van der Waals surface area (Å²) in [7, 11) is 0. The molecule has 0 unspecified atom stereocenters. The van der Waals surface area contributed by atoms with E-state index in [9.17, 15) is 30.7 Å². The maximum absolute atomic E-state index is 13.3. The van der Waals surface area contributed by atoms with Crippen molar-refractivity contribution in [3.05, 3.63) is 35.4 Å². The van der Waals surface area contributed by atoms with Gasteiger partial charge in [-0.05, 0) is 31.0 Å². The van der Waals surface area contributed by atoms with Crippen LogP contribution in [0.4, 0.5) is 30.7 Å². The third-order valence-corrected chi connectivity index (χ3v) is 4.40. The van der Waals surface area contributed by atoms with Gasteiger partial charge in [0.2, 0.25) is 12.2 Å². The normalized spacial score (nSPS) is 12.9. The molecule has 1 aromatic carbocycles. The summed E-state index contributed by atoms with van der Waals surface area (Å²) in [5.41, 5.74) is 1.37. The van der Waals surface area contributed by atoms with Gasteiger partial charge in [-0.1, -0.05) is 6.07 Å². The van der Waals surface area contributed by atoms with E-state index < -0.39 is 30.1 Å². The van der Waals surface area contributed by atoms with Crippen LogP contribution in [0.1, 0.15) is 17.0 Å². The molecule has 1 aromatic heterocycles. The number of aryl methyl sites for hydroxylation is 2. The van der Waals surface area contributed by atoms with Crippen LogP contribution < -0.4 is 0 Å². The number of thioether (sulfide) groups is 1. The van der Waals surface area contributed by atoms with Crippen molar-refractivity contribution in [1.82, 2.24) is 14.8 Å². The van der Waals surface area contributed by atoms with E-state index in [0.29, 0.717) is 16.0 Å². The van der Waals surface area contributed by atoms with Crippen LogP contribution in [0.15, 0.2) is 23.4 Å². The van der Waals surface area contributed by atoms with Crippen LogP contribution in [0, 0.1) is 13.8 Å². The van der Waals surface area contributed by atoms with E-state index >= 15 is 0 Å². The Bertz CT molecular complexity index is 755. The second-order valence-corrected chi connectivity index (χ2v) is 6.25. The van der Waals surface area contributed by atoms with E-state index in [1.807, 2.05) is 0 Å². The van der Waals surface area contributed by atoms with E-state index in [4.69, 9.17) is 0 Å². The maximum atomic E-state index is 13.3. The highest BCUT2D eigenvalue weighted by molar-refractivity contribution is 7.99. The number of nitrogens with zero attached hydrogens (tertiary/aromatic N) is 3. The lowest BCUT2D eigenvalue weighted by Gasteiger charge is -2.16. The summed E-state index contributed by atoms with van der Waals surface area (Å²) in [4.78, 5) is 3.50. The Kier molecular flexibility index (Phi) is 5.35. The highest BCUT2D eigenvalue weighted by Gasteiger charge is 2.61. The molecular weight excluding hydrogens is 375 g/mol. The Labute approximate surface area is 142 Å². The number of benzene rings is 1. The predicted octanol–water partition coefficient (Wildman–Crippen LogP) is 4.90. The molecule has 2 aromatic rings. The Morgan fingerprint density at radius 3 is 2.28 bits per heavy atom. The van der Waals surface area contributed by atoms with Gasteiger partial charge in [-0.15, -0.1) is 16.9 Å². The second kappa shape index (κ2) is 6.85. The lowest BCUT2D eigenvalue weighted by molar-refractivity contribution is -0.292. The first-order valence-electron chi connectivity index (χ1n) is 6.82. The third kappa shape index (κ3) is 4.07. The number of rotatable bonds is 5. The van der Waals surface area contributed by atoms with Crippen molar-refractivity contribution in [1.29, 1.82) is 0 Å². The van der Waals surface area contributed by atoms with Crippen molar-refractivity contribution in [3.63, 3.8) is 0 Å². The minimum Gasteiger partial charge on any atom is -0.220 e. The molecule has 1 heterocycles. The summed E-state index contributed by atoms with van der Waals surface area (Å²) in [5.74, 6) is -7.34. The summed E-state index contributed by atoms with van der Waals surface area (Å²) >= 11 is 0.850. The maximum Gasteiger partial charge on any atom is 0.461 e. The van der Waals surface area contributed by atoms with Gasteiger partial charge in [-0.3, -0.25) is 0 Å². The summed E-state index contributed by atoms with van der Waals surface area (Å²) in [6.07, 6.45) is -7.63. The van der Waals surface area contributed by atoms with Gasteiger partial charge in [0.25, 0.3) is 0 Å². The lowest BCUT2D eigenvalue weighted by Crippen LogP contribution is -2.34. The summed E-state index contributed by atoms with van der Waals surface area (Å²) < 4.78 is 89.3. The number of aromatic nitrogens is 3. The van der Waals surface area contributed by atoms with E-state index in [-0.39, 0.29) is 5.69 Å². The fourth-order valence-electron chi connectivity index (χ4n) is 2.03. The van der Waals surface area contributed by atoms with Gasteiger partial charge in [0.15, 0.2) is 0 Å². The molecule has 0 bridgehead atoms. The number of alkyl halides is 7. The summed E-state index contributed by atoms with van der Waals surface area (Å²) in [6.45, 7) is 3.27. The topological polar surface area (TPSA) is 30.7 Å². The highest BCUT2D eigenvalue weighted by atomic mass is 32.2. The molecule has 0 aliphatic carbocycles.